The van der Waals surface area contributed by atoms with Crippen LogP contribution in [0.25, 0.3) is 0 Å². The molecule has 1 amide bonds. The van der Waals surface area contributed by atoms with E-state index in [4.69, 9.17) is 10.5 Å². The Kier molecular flexibility index (Phi) is 4.80. The molecule has 1 fully saturated rings. The van der Waals surface area contributed by atoms with Gasteiger partial charge in [-0.2, -0.15) is 0 Å². The molecular formula is C15H20N2O4. The Morgan fingerprint density at radius 3 is 2.90 bits per heavy atom. The fourth-order valence-corrected chi connectivity index (χ4v) is 2.44. The number of esters is 1. The van der Waals surface area contributed by atoms with Gasteiger partial charge in [0.2, 0.25) is 0 Å². The van der Waals surface area contributed by atoms with Crippen molar-refractivity contribution in [3.05, 3.63) is 29.3 Å². The van der Waals surface area contributed by atoms with Crippen LogP contribution in [0, 0.1) is 6.92 Å². The second-order valence-corrected chi connectivity index (χ2v) is 5.06. The van der Waals surface area contributed by atoms with Crippen molar-refractivity contribution in [3.8, 4) is 0 Å². The highest BCUT2D eigenvalue weighted by Gasteiger charge is 2.28. The minimum absolute atomic E-state index is 0.122. The molecule has 21 heavy (non-hydrogen) atoms. The molecule has 0 bridgehead atoms. The molecule has 6 heteroatoms. The van der Waals surface area contributed by atoms with Crippen LogP contribution in [0.15, 0.2) is 18.2 Å². The van der Waals surface area contributed by atoms with Crippen molar-refractivity contribution in [1.29, 1.82) is 0 Å². The lowest BCUT2D eigenvalue weighted by molar-refractivity contribution is -0.145. The Morgan fingerprint density at radius 2 is 2.24 bits per heavy atom. The van der Waals surface area contributed by atoms with Crippen LogP contribution in [-0.4, -0.2) is 49.7 Å². The zero-order valence-corrected chi connectivity index (χ0v) is 12.3. The number of aryl methyl sites for hydroxylation is 1. The number of hydrogen-bond donors (Lipinski definition) is 1. The number of carbonyl (C=O) groups excluding carboxylic acids is 2. The van der Waals surface area contributed by atoms with Crippen LogP contribution < -0.4 is 5.73 Å². The minimum atomic E-state index is -0.343. The average Bonchev–Trinajstić information content (AvgIpc) is 2.47. The van der Waals surface area contributed by atoms with Gasteiger partial charge in [-0.15, -0.1) is 0 Å². The van der Waals surface area contributed by atoms with Gasteiger partial charge in [0.15, 0.2) is 0 Å². The Bertz CT molecular complexity index is 524. The third-order valence-electron chi connectivity index (χ3n) is 3.57. The first kappa shape index (κ1) is 15.3. The van der Waals surface area contributed by atoms with Gasteiger partial charge < -0.3 is 20.1 Å². The van der Waals surface area contributed by atoms with Crippen molar-refractivity contribution in [2.45, 2.75) is 19.4 Å². The summed E-state index contributed by atoms with van der Waals surface area (Å²) in [6.45, 7) is 3.11. The predicted octanol–water partition coefficient (Wildman–Crippen LogP) is 0.981. The smallest absolute Gasteiger partial charge is 0.308 e. The molecule has 6 nitrogen and oxygen atoms in total. The number of amides is 1. The number of anilines is 1. The highest BCUT2D eigenvalue weighted by molar-refractivity contribution is 6.00. The molecule has 0 radical (unpaired) electrons. The Balaban J connectivity index is 2.10. The van der Waals surface area contributed by atoms with Gasteiger partial charge in [0, 0.05) is 18.8 Å². The summed E-state index contributed by atoms with van der Waals surface area (Å²) in [5, 5.41) is 0. The maximum Gasteiger partial charge on any atom is 0.308 e. The summed E-state index contributed by atoms with van der Waals surface area (Å²) in [5.41, 5.74) is 7.75. The Morgan fingerprint density at radius 1 is 1.48 bits per heavy atom. The third kappa shape index (κ3) is 3.52. The molecule has 114 valence electrons. The van der Waals surface area contributed by atoms with E-state index in [0.717, 1.165) is 5.56 Å². The van der Waals surface area contributed by atoms with E-state index in [9.17, 15) is 9.59 Å². The van der Waals surface area contributed by atoms with Gasteiger partial charge in [-0.3, -0.25) is 9.59 Å². The molecule has 0 aromatic heterocycles. The number of ether oxygens (including phenoxy) is 2. The van der Waals surface area contributed by atoms with Gasteiger partial charge in [-0.1, -0.05) is 12.1 Å². The lowest BCUT2D eigenvalue weighted by atomic mass is 10.0. The lowest BCUT2D eigenvalue weighted by Crippen LogP contribution is -2.46. The number of morpholine rings is 1. The zero-order chi connectivity index (χ0) is 15.4. The van der Waals surface area contributed by atoms with Gasteiger partial charge in [-0.05, 0) is 18.6 Å². The van der Waals surface area contributed by atoms with Crippen LogP contribution in [-0.2, 0) is 14.3 Å². The molecule has 1 aromatic rings. The van der Waals surface area contributed by atoms with Crippen LogP contribution in [0.1, 0.15) is 22.3 Å². The van der Waals surface area contributed by atoms with Gasteiger partial charge in [-0.25, -0.2) is 0 Å². The molecule has 1 heterocycles. The molecule has 1 unspecified atom stereocenters. The molecule has 0 spiro atoms. The lowest BCUT2D eigenvalue weighted by Gasteiger charge is -2.33. The third-order valence-corrected chi connectivity index (χ3v) is 3.57. The number of benzene rings is 1. The van der Waals surface area contributed by atoms with Gasteiger partial charge >= 0.3 is 5.97 Å². The largest absolute Gasteiger partial charge is 0.469 e. The van der Waals surface area contributed by atoms with Crippen molar-refractivity contribution in [2.24, 2.45) is 0 Å². The van der Waals surface area contributed by atoms with E-state index in [1.54, 1.807) is 11.0 Å². The van der Waals surface area contributed by atoms with E-state index in [1.165, 1.54) is 7.11 Å². The summed E-state index contributed by atoms with van der Waals surface area (Å²) < 4.78 is 10.1. The molecule has 1 aromatic carbocycles. The molecule has 1 aliphatic heterocycles. The normalized spacial score (nSPS) is 18.4. The van der Waals surface area contributed by atoms with Crippen LogP contribution >= 0.6 is 0 Å². The maximum atomic E-state index is 12.6. The Labute approximate surface area is 123 Å². The van der Waals surface area contributed by atoms with Crippen molar-refractivity contribution >= 4 is 17.6 Å². The first-order valence-corrected chi connectivity index (χ1v) is 6.85. The van der Waals surface area contributed by atoms with Crippen molar-refractivity contribution in [2.75, 3.05) is 32.5 Å². The number of nitrogens with zero attached hydrogens (tertiary/aromatic N) is 1. The second kappa shape index (κ2) is 6.58. The zero-order valence-electron chi connectivity index (χ0n) is 12.3. The second-order valence-electron chi connectivity index (χ2n) is 5.06. The molecule has 0 saturated carbocycles. The summed E-state index contributed by atoms with van der Waals surface area (Å²) >= 11 is 0. The van der Waals surface area contributed by atoms with Gasteiger partial charge in [0.1, 0.15) is 0 Å². The van der Waals surface area contributed by atoms with Crippen LogP contribution in [0.2, 0.25) is 0 Å². The van der Waals surface area contributed by atoms with E-state index in [1.807, 2.05) is 19.1 Å². The number of hydrogen-bond acceptors (Lipinski definition) is 5. The molecule has 1 saturated heterocycles. The van der Waals surface area contributed by atoms with E-state index in [-0.39, 0.29) is 24.4 Å². The number of rotatable bonds is 3. The summed E-state index contributed by atoms with van der Waals surface area (Å²) in [4.78, 5) is 25.6. The number of nitrogen functional groups attached to an aromatic ring is 1. The van der Waals surface area contributed by atoms with E-state index in [2.05, 4.69) is 4.74 Å². The summed E-state index contributed by atoms with van der Waals surface area (Å²) in [6.07, 6.45) is -0.191. The monoisotopic (exact) mass is 292 g/mol. The fourth-order valence-electron chi connectivity index (χ4n) is 2.44. The van der Waals surface area contributed by atoms with Crippen LogP contribution in [0.5, 0.6) is 0 Å². The fraction of sp³-hybridized carbons (Fsp3) is 0.467. The number of nitrogens with two attached hydrogens (primary N) is 1. The van der Waals surface area contributed by atoms with Crippen LogP contribution in [0.3, 0.4) is 0 Å². The average molecular weight is 292 g/mol. The number of methoxy groups -OCH3 is 1. The quantitative estimate of drug-likeness (QED) is 0.663. The topological polar surface area (TPSA) is 81.9 Å². The summed E-state index contributed by atoms with van der Waals surface area (Å²) in [5.74, 6) is -0.464. The highest BCUT2D eigenvalue weighted by atomic mass is 16.5. The standard InChI is InChI=1S/C15H20N2O4/c1-10-4-3-5-12(16)14(10)15(19)17-6-7-21-11(9-17)8-13(18)20-2/h3-5,11H,6-9,16H2,1-2H3. The number of carbonyl (C=O) groups is 2. The van der Waals surface area contributed by atoms with Gasteiger partial charge in [0.25, 0.3) is 5.91 Å². The van der Waals surface area contributed by atoms with Gasteiger partial charge in [0.05, 0.1) is 31.8 Å². The molecule has 1 aliphatic rings. The minimum Gasteiger partial charge on any atom is -0.469 e. The van der Waals surface area contributed by atoms with Crippen molar-refractivity contribution in [3.63, 3.8) is 0 Å². The van der Waals surface area contributed by atoms with Crippen molar-refractivity contribution < 1.29 is 19.1 Å². The molecule has 2 N–H and O–H groups in total. The Hall–Kier alpha value is -2.08. The van der Waals surface area contributed by atoms with E-state index >= 15 is 0 Å². The van der Waals surface area contributed by atoms with Crippen LogP contribution in [0.4, 0.5) is 5.69 Å². The predicted molar refractivity (Wildman–Crippen MR) is 77.9 cm³/mol. The van der Waals surface area contributed by atoms with E-state index < -0.39 is 0 Å². The van der Waals surface area contributed by atoms with E-state index in [0.29, 0.717) is 30.9 Å². The molecule has 0 aliphatic carbocycles. The maximum absolute atomic E-state index is 12.6. The SMILES string of the molecule is COC(=O)CC1CN(C(=O)c2c(C)cccc2N)CCO1. The summed E-state index contributed by atoms with van der Waals surface area (Å²) in [7, 11) is 1.34. The van der Waals surface area contributed by atoms with Crippen molar-refractivity contribution in [1.82, 2.24) is 4.90 Å². The molecule has 1 atom stereocenters. The highest BCUT2D eigenvalue weighted by Crippen LogP contribution is 2.20. The first-order chi connectivity index (χ1) is 10.0. The molecule has 2 rings (SSSR count). The molecular weight excluding hydrogens is 272 g/mol. The first-order valence-electron chi connectivity index (χ1n) is 6.85. The summed E-state index contributed by atoms with van der Waals surface area (Å²) in [6, 6.07) is 5.39.